The quantitative estimate of drug-likeness (QED) is 0.291. The number of hydrogen-bond donors (Lipinski definition) is 2. The maximum Gasteiger partial charge on any atom is 0.296 e. The van der Waals surface area contributed by atoms with Crippen molar-refractivity contribution in [3.05, 3.63) is 46.5 Å². The van der Waals surface area contributed by atoms with Crippen molar-refractivity contribution >= 4 is 50.1 Å². The summed E-state index contributed by atoms with van der Waals surface area (Å²) in [4.78, 5) is 27.4. The first-order valence-electron chi connectivity index (χ1n) is 8.92. The largest absolute Gasteiger partial charge is 0.496 e. The average molecular weight is 466 g/mol. The minimum atomic E-state index is -3.87. The second kappa shape index (κ2) is 8.91. The number of primary sulfonamides is 1. The Balaban J connectivity index is 1.79. The van der Waals surface area contributed by atoms with Gasteiger partial charge in [0.25, 0.3) is 5.69 Å². The lowest BCUT2D eigenvalue weighted by atomic mass is 10.2. The molecule has 0 saturated carbocycles. The van der Waals surface area contributed by atoms with E-state index in [-0.39, 0.29) is 22.0 Å². The van der Waals surface area contributed by atoms with Crippen molar-refractivity contribution in [3.63, 3.8) is 0 Å². The fourth-order valence-electron chi connectivity index (χ4n) is 2.89. The lowest BCUT2D eigenvalue weighted by molar-refractivity contribution is -0.384. The van der Waals surface area contributed by atoms with E-state index in [0.29, 0.717) is 28.5 Å². The van der Waals surface area contributed by atoms with Gasteiger partial charge in [0.15, 0.2) is 5.16 Å². The average Bonchev–Trinajstić information content (AvgIpc) is 3.08. The van der Waals surface area contributed by atoms with Crippen molar-refractivity contribution < 1.29 is 22.9 Å². The number of aryl methyl sites for hydroxylation is 1. The van der Waals surface area contributed by atoms with Gasteiger partial charge in [-0.2, -0.15) is 0 Å². The number of ether oxygens (including phenoxy) is 1. The number of amides is 1. The number of benzene rings is 2. The van der Waals surface area contributed by atoms with Crippen LogP contribution in [0.15, 0.2) is 46.5 Å². The number of hydrogen-bond acceptors (Lipinski definition) is 8. The highest BCUT2D eigenvalue weighted by molar-refractivity contribution is 7.99. The first kappa shape index (κ1) is 22.5. The van der Waals surface area contributed by atoms with Crippen LogP contribution in [-0.2, 0) is 21.4 Å². The summed E-state index contributed by atoms with van der Waals surface area (Å²) in [6, 6.07) is 8.51. The lowest BCUT2D eigenvalue weighted by Gasteiger charge is -2.08. The number of nitro groups is 1. The predicted octanol–water partition coefficient (Wildman–Crippen LogP) is 2.35. The third-order valence-corrected chi connectivity index (χ3v) is 6.22. The lowest BCUT2D eigenvalue weighted by Crippen LogP contribution is -2.15. The molecule has 0 aliphatic rings. The number of nitrogens with one attached hydrogen (secondary N) is 1. The number of anilines is 1. The molecule has 164 valence electrons. The number of carbonyl (C=O) groups excluding carboxylic acids is 1. The zero-order valence-corrected chi connectivity index (χ0v) is 18.2. The van der Waals surface area contributed by atoms with Gasteiger partial charge < -0.3 is 14.6 Å². The summed E-state index contributed by atoms with van der Waals surface area (Å²) in [5.41, 5.74) is 0.901. The van der Waals surface area contributed by atoms with E-state index in [1.807, 2.05) is 11.5 Å². The second-order valence-electron chi connectivity index (χ2n) is 6.31. The predicted molar refractivity (Wildman–Crippen MR) is 116 cm³/mol. The number of aromatic nitrogens is 2. The standard InChI is InChI=1S/C18H19N5O6S2/c1-3-22-15-7-5-12(31(19,27)28)9-14(15)21-18(22)30-10-17(24)20-13-6-4-11(29-2)8-16(13)23(25)26/h4-9H,3,10H2,1-2H3,(H,20,24)(H2,19,27,28). The first-order chi connectivity index (χ1) is 14.6. The molecule has 0 atom stereocenters. The molecule has 0 aliphatic carbocycles. The van der Waals surface area contributed by atoms with E-state index in [2.05, 4.69) is 10.3 Å². The summed E-state index contributed by atoms with van der Waals surface area (Å²) in [6.45, 7) is 2.43. The molecule has 3 N–H and O–H groups in total. The molecule has 0 unspecified atom stereocenters. The topological polar surface area (TPSA) is 159 Å². The SMILES string of the molecule is CCn1c(SCC(=O)Nc2ccc(OC)cc2[N+](=O)[O-])nc2cc(S(N)(=O)=O)ccc21. The third-order valence-electron chi connectivity index (χ3n) is 4.34. The number of nitro benzene ring substituents is 1. The smallest absolute Gasteiger partial charge is 0.296 e. The van der Waals surface area contributed by atoms with Gasteiger partial charge in [0.1, 0.15) is 11.4 Å². The Hall–Kier alpha value is -3.16. The van der Waals surface area contributed by atoms with Gasteiger partial charge in [-0.3, -0.25) is 14.9 Å². The highest BCUT2D eigenvalue weighted by Gasteiger charge is 2.19. The number of thioether (sulfide) groups is 1. The molecular formula is C18H19N5O6S2. The van der Waals surface area contributed by atoms with Gasteiger partial charge in [0, 0.05) is 6.54 Å². The molecular weight excluding hydrogens is 446 g/mol. The van der Waals surface area contributed by atoms with Crippen LogP contribution in [0, 0.1) is 10.1 Å². The van der Waals surface area contributed by atoms with Crippen molar-refractivity contribution in [2.24, 2.45) is 5.14 Å². The highest BCUT2D eigenvalue weighted by atomic mass is 32.2. The fraction of sp³-hybridized carbons (Fsp3) is 0.222. The van der Waals surface area contributed by atoms with Crippen LogP contribution in [0.4, 0.5) is 11.4 Å². The molecule has 3 aromatic rings. The van der Waals surface area contributed by atoms with Crippen LogP contribution in [0.25, 0.3) is 11.0 Å². The Morgan fingerprint density at radius 2 is 2.06 bits per heavy atom. The molecule has 0 saturated heterocycles. The number of fused-ring (bicyclic) bond motifs is 1. The number of sulfonamides is 1. The molecule has 1 aromatic heterocycles. The molecule has 1 heterocycles. The van der Waals surface area contributed by atoms with Crippen molar-refractivity contribution in [2.75, 3.05) is 18.2 Å². The van der Waals surface area contributed by atoms with Crippen LogP contribution in [0.1, 0.15) is 6.92 Å². The second-order valence-corrected chi connectivity index (χ2v) is 8.82. The molecule has 0 fully saturated rings. The summed E-state index contributed by atoms with van der Waals surface area (Å²) in [5.74, 6) is -0.220. The molecule has 3 rings (SSSR count). The van der Waals surface area contributed by atoms with E-state index < -0.39 is 20.9 Å². The van der Waals surface area contributed by atoms with E-state index in [0.717, 1.165) is 11.8 Å². The number of nitrogens with zero attached hydrogens (tertiary/aromatic N) is 3. The van der Waals surface area contributed by atoms with Crippen molar-refractivity contribution in [1.29, 1.82) is 0 Å². The first-order valence-corrected chi connectivity index (χ1v) is 11.5. The van der Waals surface area contributed by atoms with E-state index in [9.17, 15) is 23.3 Å². The van der Waals surface area contributed by atoms with Crippen molar-refractivity contribution in [1.82, 2.24) is 9.55 Å². The van der Waals surface area contributed by atoms with Crippen molar-refractivity contribution in [2.45, 2.75) is 23.5 Å². The van der Waals surface area contributed by atoms with Crippen LogP contribution < -0.4 is 15.2 Å². The van der Waals surface area contributed by atoms with Crippen LogP contribution in [0.2, 0.25) is 0 Å². The maximum atomic E-state index is 12.4. The van der Waals surface area contributed by atoms with Gasteiger partial charge in [0.05, 0.1) is 39.8 Å². The molecule has 0 spiro atoms. The van der Waals surface area contributed by atoms with Crippen LogP contribution >= 0.6 is 11.8 Å². The van der Waals surface area contributed by atoms with Gasteiger partial charge in [-0.25, -0.2) is 18.5 Å². The maximum absolute atomic E-state index is 12.4. The Morgan fingerprint density at radius 1 is 1.32 bits per heavy atom. The Labute approximate surface area is 181 Å². The number of imidazole rings is 1. The summed E-state index contributed by atoms with van der Waals surface area (Å²) >= 11 is 1.12. The van der Waals surface area contributed by atoms with Gasteiger partial charge in [-0.1, -0.05) is 11.8 Å². The summed E-state index contributed by atoms with van der Waals surface area (Å²) < 4.78 is 29.9. The zero-order chi connectivity index (χ0) is 22.8. The molecule has 0 bridgehead atoms. The van der Waals surface area contributed by atoms with E-state index in [1.54, 1.807) is 6.07 Å². The third kappa shape index (κ3) is 4.95. The van der Waals surface area contributed by atoms with Crippen LogP contribution in [0.5, 0.6) is 5.75 Å². The number of nitrogens with two attached hydrogens (primary N) is 1. The molecule has 1 amide bonds. The molecule has 2 aromatic carbocycles. The number of rotatable bonds is 8. The van der Waals surface area contributed by atoms with E-state index in [1.165, 1.54) is 37.4 Å². The van der Waals surface area contributed by atoms with Gasteiger partial charge in [-0.15, -0.1) is 0 Å². The highest BCUT2D eigenvalue weighted by Crippen LogP contribution is 2.30. The Morgan fingerprint density at radius 3 is 2.68 bits per heavy atom. The van der Waals surface area contributed by atoms with Crippen LogP contribution in [0.3, 0.4) is 0 Å². The minimum Gasteiger partial charge on any atom is -0.496 e. The van der Waals surface area contributed by atoms with Crippen LogP contribution in [-0.4, -0.2) is 41.7 Å². The molecule has 31 heavy (non-hydrogen) atoms. The summed E-state index contributed by atoms with van der Waals surface area (Å²) in [6.07, 6.45) is 0. The van der Waals surface area contributed by atoms with E-state index >= 15 is 0 Å². The monoisotopic (exact) mass is 465 g/mol. The Bertz CT molecular complexity index is 1270. The van der Waals surface area contributed by atoms with Gasteiger partial charge in [0.2, 0.25) is 15.9 Å². The number of carbonyl (C=O) groups is 1. The molecule has 0 radical (unpaired) electrons. The summed E-state index contributed by atoms with van der Waals surface area (Å²) in [5, 5.41) is 19.5. The zero-order valence-electron chi connectivity index (χ0n) is 16.6. The fourth-order valence-corrected chi connectivity index (χ4v) is 4.30. The Kier molecular flexibility index (Phi) is 6.48. The van der Waals surface area contributed by atoms with Crippen molar-refractivity contribution in [3.8, 4) is 5.75 Å². The van der Waals surface area contributed by atoms with E-state index in [4.69, 9.17) is 9.88 Å². The molecule has 11 nitrogen and oxygen atoms in total. The molecule has 0 aliphatic heterocycles. The normalized spacial score (nSPS) is 11.5. The minimum absolute atomic E-state index is 0.0538. The van der Waals surface area contributed by atoms with Gasteiger partial charge >= 0.3 is 0 Å². The van der Waals surface area contributed by atoms with Gasteiger partial charge in [-0.05, 0) is 37.3 Å². The summed E-state index contributed by atoms with van der Waals surface area (Å²) in [7, 11) is -2.48. The molecule has 13 heteroatoms. The number of methoxy groups -OCH3 is 1.